The van der Waals surface area contributed by atoms with Crippen LogP contribution in [0.15, 0.2) is 29.6 Å². The van der Waals surface area contributed by atoms with Crippen LogP contribution in [-0.4, -0.2) is 41.0 Å². The molecule has 2 atom stereocenters. The van der Waals surface area contributed by atoms with Crippen LogP contribution in [0.1, 0.15) is 55.1 Å². The summed E-state index contributed by atoms with van der Waals surface area (Å²) >= 11 is 1.56. The largest absolute Gasteiger partial charge is 0.336 e. The van der Waals surface area contributed by atoms with E-state index in [-0.39, 0.29) is 5.91 Å². The number of nitrogens with zero attached hydrogens (tertiary/aromatic N) is 2. The fourth-order valence-corrected chi connectivity index (χ4v) is 4.60. The first-order chi connectivity index (χ1) is 12.1. The third kappa shape index (κ3) is 3.48. The summed E-state index contributed by atoms with van der Waals surface area (Å²) in [5.74, 6) is 0.602. The van der Waals surface area contributed by atoms with E-state index in [0.717, 1.165) is 30.1 Å². The van der Waals surface area contributed by atoms with E-state index in [1.165, 1.54) is 18.4 Å². The maximum atomic E-state index is 12.9. The number of aromatic nitrogens is 1. The third-order valence-electron chi connectivity index (χ3n) is 5.36. The molecule has 2 unspecified atom stereocenters. The van der Waals surface area contributed by atoms with Crippen molar-refractivity contribution in [1.29, 1.82) is 0 Å². The van der Waals surface area contributed by atoms with Gasteiger partial charge in [0.1, 0.15) is 10.7 Å². The van der Waals surface area contributed by atoms with Crippen LogP contribution in [0.2, 0.25) is 0 Å². The average Bonchev–Trinajstić information content (AvgIpc) is 3.21. The van der Waals surface area contributed by atoms with Gasteiger partial charge in [0.2, 0.25) is 0 Å². The summed E-state index contributed by atoms with van der Waals surface area (Å²) < 4.78 is 0. The molecule has 25 heavy (non-hydrogen) atoms. The van der Waals surface area contributed by atoms with Crippen LogP contribution in [0.25, 0.3) is 10.6 Å². The molecular formula is C20H25N3OS. The Bertz CT molecular complexity index is 753. The zero-order chi connectivity index (χ0) is 17.4. The van der Waals surface area contributed by atoms with E-state index in [1.807, 2.05) is 10.3 Å². The minimum Gasteiger partial charge on any atom is -0.336 e. The molecule has 1 N–H and O–H groups in total. The third-order valence-corrected chi connectivity index (χ3v) is 6.25. The van der Waals surface area contributed by atoms with Crippen LogP contribution in [0.5, 0.6) is 0 Å². The van der Waals surface area contributed by atoms with Crippen LogP contribution < -0.4 is 5.32 Å². The SMILES string of the molecule is CC(C)c1ccc(-c2nc(C(=O)N3CCC4CCC(C3)N4)cs2)cc1. The van der Waals surface area contributed by atoms with Gasteiger partial charge < -0.3 is 10.2 Å². The van der Waals surface area contributed by atoms with Crippen LogP contribution >= 0.6 is 11.3 Å². The topological polar surface area (TPSA) is 45.2 Å². The highest BCUT2D eigenvalue weighted by molar-refractivity contribution is 7.13. The molecule has 2 bridgehead atoms. The van der Waals surface area contributed by atoms with Crippen LogP contribution in [0.4, 0.5) is 0 Å². The second kappa shape index (κ2) is 6.89. The number of likely N-dealkylation sites (tertiary alicyclic amines) is 1. The molecule has 1 aromatic heterocycles. The number of carbonyl (C=O) groups excluding carboxylic acids is 1. The first-order valence-corrected chi connectivity index (χ1v) is 10.1. The summed E-state index contributed by atoms with van der Waals surface area (Å²) in [7, 11) is 0. The molecule has 3 heterocycles. The number of amides is 1. The van der Waals surface area contributed by atoms with Gasteiger partial charge in [0.25, 0.3) is 5.91 Å². The number of hydrogen-bond donors (Lipinski definition) is 1. The molecule has 2 aromatic rings. The van der Waals surface area contributed by atoms with E-state index < -0.39 is 0 Å². The summed E-state index contributed by atoms with van der Waals surface area (Å²) in [5, 5.41) is 6.45. The van der Waals surface area contributed by atoms with Gasteiger partial charge in [-0.1, -0.05) is 38.1 Å². The average molecular weight is 356 g/mol. The van der Waals surface area contributed by atoms with Gasteiger partial charge in [-0.2, -0.15) is 0 Å². The summed E-state index contributed by atoms with van der Waals surface area (Å²) in [6, 6.07) is 9.57. The monoisotopic (exact) mass is 355 g/mol. The Hall–Kier alpha value is -1.72. The number of carbonyl (C=O) groups is 1. The van der Waals surface area contributed by atoms with Gasteiger partial charge in [-0.05, 0) is 30.7 Å². The van der Waals surface area contributed by atoms with Crippen molar-refractivity contribution in [2.24, 2.45) is 0 Å². The Morgan fingerprint density at radius 2 is 1.96 bits per heavy atom. The van der Waals surface area contributed by atoms with Gasteiger partial charge in [0.05, 0.1) is 0 Å². The molecule has 2 saturated heterocycles. The lowest BCUT2D eigenvalue weighted by Gasteiger charge is -2.23. The van der Waals surface area contributed by atoms with E-state index in [9.17, 15) is 4.79 Å². The van der Waals surface area contributed by atoms with Crippen LogP contribution in [0, 0.1) is 0 Å². The molecule has 132 valence electrons. The van der Waals surface area contributed by atoms with Crippen molar-refractivity contribution in [2.75, 3.05) is 13.1 Å². The van der Waals surface area contributed by atoms with Crippen molar-refractivity contribution in [3.8, 4) is 10.6 Å². The molecule has 0 saturated carbocycles. The molecule has 1 amide bonds. The molecule has 2 aliphatic rings. The number of rotatable bonds is 3. The molecule has 2 fully saturated rings. The fraction of sp³-hybridized carbons (Fsp3) is 0.500. The van der Waals surface area contributed by atoms with E-state index in [0.29, 0.717) is 23.7 Å². The minimum absolute atomic E-state index is 0.0793. The number of benzene rings is 1. The zero-order valence-corrected chi connectivity index (χ0v) is 15.7. The van der Waals surface area contributed by atoms with Crippen molar-refractivity contribution in [2.45, 2.75) is 51.1 Å². The molecular weight excluding hydrogens is 330 g/mol. The molecule has 0 aliphatic carbocycles. The van der Waals surface area contributed by atoms with Gasteiger partial charge in [-0.3, -0.25) is 4.79 Å². The molecule has 0 radical (unpaired) electrons. The van der Waals surface area contributed by atoms with E-state index >= 15 is 0 Å². The quantitative estimate of drug-likeness (QED) is 0.908. The number of hydrogen-bond acceptors (Lipinski definition) is 4. The lowest BCUT2D eigenvalue weighted by atomic mass is 10.0. The lowest BCUT2D eigenvalue weighted by molar-refractivity contribution is 0.0743. The van der Waals surface area contributed by atoms with E-state index in [4.69, 9.17) is 0 Å². The summed E-state index contributed by atoms with van der Waals surface area (Å²) in [6.07, 6.45) is 3.48. The predicted molar refractivity (Wildman–Crippen MR) is 102 cm³/mol. The molecule has 4 rings (SSSR count). The smallest absolute Gasteiger partial charge is 0.273 e. The Labute approximate surface area is 153 Å². The van der Waals surface area contributed by atoms with Crippen LogP contribution in [0.3, 0.4) is 0 Å². The van der Waals surface area contributed by atoms with Crippen molar-refractivity contribution in [3.05, 3.63) is 40.9 Å². The highest BCUT2D eigenvalue weighted by atomic mass is 32.1. The van der Waals surface area contributed by atoms with Gasteiger partial charge in [-0.25, -0.2) is 4.98 Å². The van der Waals surface area contributed by atoms with Gasteiger partial charge in [-0.15, -0.1) is 11.3 Å². The fourth-order valence-electron chi connectivity index (χ4n) is 3.80. The number of nitrogens with one attached hydrogen (secondary N) is 1. The summed E-state index contributed by atoms with van der Waals surface area (Å²) in [5.41, 5.74) is 3.00. The summed E-state index contributed by atoms with van der Waals surface area (Å²) in [4.78, 5) is 19.5. The van der Waals surface area contributed by atoms with Gasteiger partial charge >= 0.3 is 0 Å². The highest BCUT2D eigenvalue weighted by Gasteiger charge is 2.32. The van der Waals surface area contributed by atoms with E-state index in [2.05, 4.69) is 48.4 Å². The first kappa shape index (κ1) is 16.7. The number of thiazole rings is 1. The molecule has 0 spiro atoms. The van der Waals surface area contributed by atoms with Crippen LogP contribution in [-0.2, 0) is 0 Å². The lowest BCUT2D eigenvalue weighted by Crippen LogP contribution is -2.39. The number of fused-ring (bicyclic) bond motifs is 2. The highest BCUT2D eigenvalue weighted by Crippen LogP contribution is 2.27. The molecule has 4 nitrogen and oxygen atoms in total. The molecule has 5 heteroatoms. The van der Waals surface area contributed by atoms with Gasteiger partial charge in [0.15, 0.2) is 0 Å². The van der Waals surface area contributed by atoms with E-state index in [1.54, 1.807) is 11.3 Å². The molecule has 1 aromatic carbocycles. The predicted octanol–water partition coefficient (Wildman–Crippen LogP) is 3.90. The van der Waals surface area contributed by atoms with Crippen molar-refractivity contribution >= 4 is 17.2 Å². The Morgan fingerprint density at radius 3 is 2.72 bits per heavy atom. The first-order valence-electron chi connectivity index (χ1n) is 9.21. The normalized spacial score (nSPS) is 23.1. The minimum atomic E-state index is 0.0793. The maximum absolute atomic E-state index is 12.9. The Balaban J connectivity index is 1.49. The Morgan fingerprint density at radius 1 is 1.20 bits per heavy atom. The van der Waals surface area contributed by atoms with Gasteiger partial charge in [0, 0.05) is 36.1 Å². The molecule has 2 aliphatic heterocycles. The van der Waals surface area contributed by atoms with Crippen molar-refractivity contribution in [1.82, 2.24) is 15.2 Å². The standard InChI is InChI=1S/C20H25N3OS/c1-13(2)14-3-5-15(6-4-14)19-22-18(12-25-19)20(24)23-10-9-16-7-8-17(11-23)21-16/h3-6,12-13,16-17,21H,7-11H2,1-2H3. The maximum Gasteiger partial charge on any atom is 0.273 e. The second-order valence-electron chi connectivity index (χ2n) is 7.49. The summed E-state index contributed by atoms with van der Waals surface area (Å²) in [6.45, 7) is 6.03. The van der Waals surface area contributed by atoms with Crippen molar-refractivity contribution < 1.29 is 4.79 Å². The second-order valence-corrected chi connectivity index (χ2v) is 8.35. The zero-order valence-electron chi connectivity index (χ0n) is 14.9. The van der Waals surface area contributed by atoms with Crippen molar-refractivity contribution in [3.63, 3.8) is 0 Å². The Kier molecular flexibility index (Phi) is 4.61.